The van der Waals surface area contributed by atoms with Crippen LogP contribution in [0.15, 0.2) is 16.6 Å². The molecule has 0 atom stereocenters. The van der Waals surface area contributed by atoms with Crippen LogP contribution in [0.3, 0.4) is 0 Å². The van der Waals surface area contributed by atoms with Crippen molar-refractivity contribution < 1.29 is 0 Å². The molecule has 0 heterocycles. The minimum absolute atomic E-state index is 0. The molecule has 0 aliphatic rings. The lowest BCUT2D eigenvalue weighted by atomic mass is 10.3. The normalized spacial score (nSPS) is 7.40. The highest BCUT2D eigenvalue weighted by Crippen LogP contribution is 1.86. The quantitative estimate of drug-likeness (QED) is 0.400. The molecule has 0 rings (SSSR count). The summed E-state index contributed by atoms with van der Waals surface area (Å²) in [4.78, 5) is 3.76. The molecular weight excluding hydrogens is 194 g/mol. The second-order valence-corrected chi connectivity index (χ2v) is 2.05. The van der Waals surface area contributed by atoms with E-state index in [2.05, 4.69) is 4.99 Å². The van der Waals surface area contributed by atoms with Gasteiger partial charge in [0.1, 0.15) is 0 Å². The molecule has 0 aliphatic heterocycles. The van der Waals surface area contributed by atoms with Gasteiger partial charge < -0.3 is 11.5 Å². The van der Waals surface area contributed by atoms with Crippen LogP contribution in [0.4, 0.5) is 0 Å². The second kappa shape index (κ2) is 6.61. The Bertz CT molecular complexity index is 116. The van der Waals surface area contributed by atoms with Crippen molar-refractivity contribution in [3.05, 3.63) is 11.6 Å². The number of aliphatic imine (C=N–C) groups is 1. The number of rotatable bonds is 2. The molecule has 0 aromatic rings. The Kier molecular flexibility index (Phi) is 8.06. The third kappa shape index (κ3) is 10.5. The predicted octanol–water partition coefficient (Wildman–Crippen LogP) is 0.804. The summed E-state index contributed by atoms with van der Waals surface area (Å²) < 4.78 is 0. The van der Waals surface area contributed by atoms with E-state index in [1.807, 2.05) is 19.9 Å². The molecule has 0 bridgehead atoms. The number of halogens is 1. The van der Waals surface area contributed by atoms with Gasteiger partial charge in [-0.3, -0.25) is 0 Å². The zero-order chi connectivity index (χ0) is 7.28. The number of nitrogens with zero attached hydrogens (tertiary/aromatic N) is 1. The maximum atomic E-state index is 5.08. The molecule has 0 spiro atoms. The van der Waals surface area contributed by atoms with Crippen molar-refractivity contribution >= 4 is 22.9 Å². The van der Waals surface area contributed by atoms with Crippen molar-refractivity contribution in [3.63, 3.8) is 0 Å². The van der Waals surface area contributed by atoms with Gasteiger partial charge in [0.2, 0.25) is 0 Å². The van der Waals surface area contributed by atoms with E-state index < -0.39 is 0 Å². The van der Waals surface area contributed by atoms with Gasteiger partial charge >= 0.3 is 0 Å². The Morgan fingerprint density at radius 1 is 1.40 bits per heavy atom. The number of guanidine groups is 1. The molecule has 0 radical (unpaired) electrons. The van der Waals surface area contributed by atoms with Crippen LogP contribution in [0.2, 0.25) is 0 Å². The summed E-state index contributed by atoms with van der Waals surface area (Å²) in [5.41, 5.74) is 11.4. The van der Waals surface area contributed by atoms with E-state index in [0.717, 1.165) is 0 Å². The second-order valence-electron chi connectivity index (χ2n) is 2.05. The third-order valence-corrected chi connectivity index (χ3v) is 0.773. The molecule has 4 N–H and O–H groups in total. The molecular formula is C6H14BrN3. The van der Waals surface area contributed by atoms with Gasteiger partial charge in [-0.05, 0) is 13.8 Å². The summed E-state index contributed by atoms with van der Waals surface area (Å²) in [5, 5.41) is 0. The Labute approximate surface area is 72.0 Å². The first-order chi connectivity index (χ1) is 4.13. The maximum absolute atomic E-state index is 5.08. The first-order valence-corrected chi connectivity index (χ1v) is 2.81. The first-order valence-electron chi connectivity index (χ1n) is 2.81. The molecule has 10 heavy (non-hydrogen) atoms. The van der Waals surface area contributed by atoms with Crippen molar-refractivity contribution in [2.24, 2.45) is 16.5 Å². The van der Waals surface area contributed by atoms with Gasteiger partial charge in [0.15, 0.2) is 5.96 Å². The van der Waals surface area contributed by atoms with Crippen molar-refractivity contribution in [1.29, 1.82) is 0 Å². The van der Waals surface area contributed by atoms with Gasteiger partial charge in [0, 0.05) is 0 Å². The van der Waals surface area contributed by atoms with E-state index in [0.29, 0.717) is 6.54 Å². The zero-order valence-electron chi connectivity index (χ0n) is 6.29. The maximum Gasteiger partial charge on any atom is 0.186 e. The molecule has 3 nitrogen and oxygen atoms in total. The molecule has 0 aromatic heterocycles. The van der Waals surface area contributed by atoms with Crippen LogP contribution in [0.25, 0.3) is 0 Å². The highest BCUT2D eigenvalue weighted by Gasteiger charge is 1.76. The molecule has 0 aromatic carbocycles. The van der Waals surface area contributed by atoms with E-state index in [4.69, 9.17) is 11.5 Å². The topological polar surface area (TPSA) is 64.4 Å². The predicted molar refractivity (Wildman–Crippen MR) is 50.4 cm³/mol. The standard InChI is InChI=1S/C6H13N3.BrH/c1-5(2)3-4-9-6(7)8;/h3H,4H2,1-2H3,(H4,7,8,9);1H. The molecule has 0 amide bonds. The summed E-state index contributed by atoms with van der Waals surface area (Å²) in [6, 6.07) is 0. The van der Waals surface area contributed by atoms with Crippen molar-refractivity contribution in [1.82, 2.24) is 0 Å². The lowest BCUT2D eigenvalue weighted by molar-refractivity contribution is 1.18. The van der Waals surface area contributed by atoms with Crippen LogP contribution in [-0.2, 0) is 0 Å². The number of hydrogen-bond donors (Lipinski definition) is 2. The average molecular weight is 208 g/mol. The van der Waals surface area contributed by atoms with Crippen LogP contribution < -0.4 is 11.5 Å². The first kappa shape index (κ1) is 12.2. The number of nitrogens with two attached hydrogens (primary N) is 2. The van der Waals surface area contributed by atoms with Gasteiger partial charge in [0.05, 0.1) is 6.54 Å². The minimum Gasteiger partial charge on any atom is -0.370 e. The molecule has 0 aliphatic carbocycles. The highest BCUT2D eigenvalue weighted by atomic mass is 79.9. The highest BCUT2D eigenvalue weighted by molar-refractivity contribution is 8.93. The largest absolute Gasteiger partial charge is 0.370 e. The third-order valence-electron chi connectivity index (χ3n) is 0.773. The van der Waals surface area contributed by atoms with Crippen LogP contribution in [0.1, 0.15) is 13.8 Å². The SMILES string of the molecule is Br.CC(C)=CCN=C(N)N. The Balaban J connectivity index is 0. The van der Waals surface area contributed by atoms with Gasteiger partial charge in [-0.25, -0.2) is 4.99 Å². The van der Waals surface area contributed by atoms with Crippen LogP contribution in [0, 0.1) is 0 Å². The Hall–Kier alpha value is -0.510. The van der Waals surface area contributed by atoms with Crippen LogP contribution >= 0.6 is 17.0 Å². The van der Waals surface area contributed by atoms with E-state index in [9.17, 15) is 0 Å². The lowest BCUT2D eigenvalue weighted by Crippen LogP contribution is -2.22. The Morgan fingerprint density at radius 3 is 2.20 bits per heavy atom. The minimum atomic E-state index is 0. The zero-order valence-corrected chi connectivity index (χ0v) is 8.01. The Morgan fingerprint density at radius 2 is 1.90 bits per heavy atom. The van der Waals surface area contributed by atoms with E-state index in [1.165, 1.54) is 5.57 Å². The molecule has 0 saturated carbocycles. The molecule has 0 saturated heterocycles. The van der Waals surface area contributed by atoms with Gasteiger partial charge in [-0.15, -0.1) is 17.0 Å². The smallest absolute Gasteiger partial charge is 0.186 e. The summed E-state index contributed by atoms with van der Waals surface area (Å²) in [6.45, 7) is 4.59. The summed E-state index contributed by atoms with van der Waals surface area (Å²) >= 11 is 0. The van der Waals surface area contributed by atoms with Gasteiger partial charge in [0.25, 0.3) is 0 Å². The monoisotopic (exact) mass is 207 g/mol. The fourth-order valence-electron chi connectivity index (χ4n) is 0.334. The molecule has 0 unspecified atom stereocenters. The summed E-state index contributed by atoms with van der Waals surface area (Å²) in [6.07, 6.45) is 1.96. The van der Waals surface area contributed by atoms with Crippen LogP contribution in [0.5, 0.6) is 0 Å². The molecule has 60 valence electrons. The fraction of sp³-hybridized carbons (Fsp3) is 0.500. The lowest BCUT2D eigenvalue weighted by Gasteiger charge is -1.88. The van der Waals surface area contributed by atoms with E-state index in [1.54, 1.807) is 0 Å². The van der Waals surface area contributed by atoms with Gasteiger partial charge in [-0.1, -0.05) is 11.6 Å². The van der Waals surface area contributed by atoms with Crippen molar-refractivity contribution in [2.45, 2.75) is 13.8 Å². The van der Waals surface area contributed by atoms with Crippen molar-refractivity contribution in [2.75, 3.05) is 6.54 Å². The molecule has 0 fully saturated rings. The van der Waals surface area contributed by atoms with E-state index in [-0.39, 0.29) is 22.9 Å². The van der Waals surface area contributed by atoms with Crippen LogP contribution in [-0.4, -0.2) is 12.5 Å². The average Bonchev–Trinajstić information content (AvgIpc) is 1.63. The number of allylic oxidation sites excluding steroid dienone is 1. The van der Waals surface area contributed by atoms with E-state index >= 15 is 0 Å². The molecule has 4 heteroatoms. The number of hydrogen-bond acceptors (Lipinski definition) is 1. The summed E-state index contributed by atoms with van der Waals surface area (Å²) in [7, 11) is 0. The summed E-state index contributed by atoms with van der Waals surface area (Å²) in [5.74, 6) is 0.146. The van der Waals surface area contributed by atoms with Crippen molar-refractivity contribution in [3.8, 4) is 0 Å². The van der Waals surface area contributed by atoms with Gasteiger partial charge in [-0.2, -0.15) is 0 Å². The fourth-order valence-corrected chi connectivity index (χ4v) is 0.334.